The molecule has 1 aromatic heterocycles. The average molecular weight is 492 g/mol. The number of guanidine groups is 1. The van der Waals surface area contributed by atoms with Gasteiger partial charge in [0.25, 0.3) is 0 Å². The van der Waals surface area contributed by atoms with Gasteiger partial charge in [0.1, 0.15) is 11.6 Å². The number of aryl methyl sites for hydroxylation is 2. The van der Waals surface area contributed by atoms with Gasteiger partial charge in [0.05, 0.1) is 5.69 Å². The van der Waals surface area contributed by atoms with E-state index in [1.165, 1.54) is 6.07 Å². The molecule has 26 heavy (non-hydrogen) atoms. The summed E-state index contributed by atoms with van der Waals surface area (Å²) in [6.07, 6.45) is 2.83. The predicted molar refractivity (Wildman–Crippen MR) is 117 cm³/mol. The summed E-state index contributed by atoms with van der Waals surface area (Å²) in [6.45, 7) is 5.19. The zero-order valence-electron chi connectivity index (χ0n) is 15.6. The molecular formula is C18H26FIN4OS. The molecule has 2 rings (SSSR count). The Morgan fingerprint density at radius 1 is 1.27 bits per heavy atom. The van der Waals surface area contributed by atoms with Crippen LogP contribution in [-0.2, 0) is 18.7 Å². The van der Waals surface area contributed by atoms with Crippen LogP contribution in [0.25, 0.3) is 0 Å². The maximum Gasteiger partial charge on any atom is 0.191 e. The van der Waals surface area contributed by atoms with Crippen LogP contribution in [0.15, 0.2) is 27.7 Å². The van der Waals surface area contributed by atoms with Crippen molar-refractivity contribution in [2.45, 2.75) is 32.6 Å². The highest BCUT2D eigenvalue weighted by Gasteiger charge is 2.09. The highest BCUT2D eigenvalue weighted by molar-refractivity contribution is 14.0. The van der Waals surface area contributed by atoms with Crippen LogP contribution in [0.4, 0.5) is 4.39 Å². The minimum absolute atomic E-state index is 0. The Hall–Kier alpha value is -1.29. The van der Waals surface area contributed by atoms with Gasteiger partial charge in [-0.1, -0.05) is 11.2 Å². The van der Waals surface area contributed by atoms with Crippen molar-refractivity contribution in [2.24, 2.45) is 4.99 Å². The average Bonchev–Trinajstić information content (AvgIpc) is 2.91. The second-order valence-electron chi connectivity index (χ2n) is 5.75. The quantitative estimate of drug-likeness (QED) is 0.350. The fourth-order valence-electron chi connectivity index (χ4n) is 2.62. The lowest BCUT2D eigenvalue weighted by atomic mass is 10.1. The van der Waals surface area contributed by atoms with Gasteiger partial charge < -0.3 is 15.2 Å². The number of benzene rings is 1. The molecule has 1 heterocycles. The largest absolute Gasteiger partial charge is 0.361 e. The SMILES string of the molecule is CN=C(NCCc1c(C)noc1C)NCc1ccc(F)cc1CSC.I. The predicted octanol–water partition coefficient (Wildman–Crippen LogP) is 3.82. The molecule has 0 amide bonds. The molecular weight excluding hydrogens is 466 g/mol. The summed E-state index contributed by atoms with van der Waals surface area (Å²) in [4.78, 5) is 4.24. The molecule has 0 bridgehead atoms. The molecule has 0 spiro atoms. The lowest BCUT2D eigenvalue weighted by molar-refractivity contribution is 0.392. The van der Waals surface area contributed by atoms with Gasteiger partial charge in [-0.3, -0.25) is 4.99 Å². The third-order valence-electron chi connectivity index (χ3n) is 3.99. The third kappa shape index (κ3) is 6.46. The molecule has 0 aliphatic rings. The Labute approximate surface area is 175 Å². The second kappa shape index (κ2) is 11.4. The molecule has 5 nitrogen and oxygen atoms in total. The van der Waals surface area contributed by atoms with E-state index >= 15 is 0 Å². The van der Waals surface area contributed by atoms with Crippen molar-refractivity contribution in [3.63, 3.8) is 0 Å². The maximum atomic E-state index is 13.4. The van der Waals surface area contributed by atoms with Crippen molar-refractivity contribution in [3.8, 4) is 0 Å². The van der Waals surface area contributed by atoms with Crippen LogP contribution in [0.5, 0.6) is 0 Å². The number of rotatable bonds is 7. The number of hydrogen-bond acceptors (Lipinski definition) is 4. The van der Waals surface area contributed by atoms with Gasteiger partial charge in [-0.2, -0.15) is 11.8 Å². The van der Waals surface area contributed by atoms with Crippen LogP contribution >= 0.6 is 35.7 Å². The molecule has 0 fully saturated rings. The fraction of sp³-hybridized carbons (Fsp3) is 0.444. The number of aromatic nitrogens is 1. The van der Waals surface area contributed by atoms with Gasteiger partial charge in [-0.05, 0) is 49.8 Å². The zero-order chi connectivity index (χ0) is 18.2. The van der Waals surface area contributed by atoms with Gasteiger partial charge in [0.15, 0.2) is 5.96 Å². The first-order valence-corrected chi connectivity index (χ1v) is 9.57. The van der Waals surface area contributed by atoms with E-state index in [1.807, 2.05) is 26.2 Å². The molecule has 0 saturated heterocycles. The summed E-state index contributed by atoms with van der Waals surface area (Å²) in [7, 11) is 1.73. The van der Waals surface area contributed by atoms with Crippen molar-refractivity contribution in [2.75, 3.05) is 19.8 Å². The van der Waals surface area contributed by atoms with Crippen LogP contribution in [0.2, 0.25) is 0 Å². The van der Waals surface area contributed by atoms with E-state index < -0.39 is 0 Å². The first kappa shape index (κ1) is 22.8. The van der Waals surface area contributed by atoms with E-state index in [0.717, 1.165) is 46.9 Å². The molecule has 2 N–H and O–H groups in total. The molecule has 0 atom stereocenters. The normalized spacial score (nSPS) is 11.2. The molecule has 0 unspecified atom stereocenters. The van der Waals surface area contributed by atoms with Gasteiger partial charge in [0.2, 0.25) is 0 Å². The molecule has 0 saturated carbocycles. The van der Waals surface area contributed by atoms with Crippen LogP contribution in [0, 0.1) is 19.7 Å². The highest BCUT2D eigenvalue weighted by atomic mass is 127. The van der Waals surface area contributed by atoms with Crippen molar-refractivity contribution in [3.05, 3.63) is 52.2 Å². The number of halogens is 2. The van der Waals surface area contributed by atoms with Gasteiger partial charge in [0, 0.05) is 31.5 Å². The molecule has 2 aromatic rings. The number of thioether (sulfide) groups is 1. The summed E-state index contributed by atoms with van der Waals surface area (Å²) in [5.74, 6) is 2.16. The summed E-state index contributed by atoms with van der Waals surface area (Å²) in [5.41, 5.74) is 4.13. The van der Waals surface area contributed by atoms with Crippen LogP contribution in [-0.4, -0.2) is 31.0 Å². The Morgan fingerprint density at radius 3 is 2.65 bits per heavy atom. The van der Waals surface area contributed by atoms with E-state index in [4.69, 9.17) is 4.52 Å². The second-order valence-corrected chi connectivity index (χ2v) is 6.62. The molecule has 8 heteroatoms. The summed E-state index contributed by atoms with van der Waals surface area (Å²) >= 11 is 1.68. The lowest BCUT2D eigenvalue weighted by Crippen LogP contribution is -2.38. The van der Waals surface area contributed by atoms with Crippen molar-refractivity contribution in [1.29, 1.82) is 0 Å². The van der Waals surface area contributed by atoms with Crippen molar-refractivity contribution in [1.82, 2.24) is 15.8 Å². The van der Waals surface area contributed by atoms with E-state index in [1.54, 1.807) is 24.9 Å². The molecule has 0 aliphatic heterocycles. The Morgan fingerprint density at radius 2 is 2.04 bits per heavy atom. The first-order valence-electron chi connectivity index (χ1n) is 8.17. The van der Waals surface area contributed by atoms with Crippen LogP contribution < -0.4 is 10.6 Å². The van der Waals surface area contributed by atoms with Crippen molar-refractivity contribution < 1.29 is 8.91 Å². The Bertz CT molecular complexity index is 716. The van der Waals surface area contributed by atoms with E-state index in [-0.39, 0.29) is 29.8 Å². The van der Waals surface area contributed by atoms with Gasteiger partial charge in [-0.25, -0.2) is 4.39 Å². The van der Waals surface area contributed by atoms with Gasteiger partial charge >= 0.3 is 0 Å². The number of aliphatic imine (C=N–C) groups is 1. The zero-order valence-corrected chi connectivity index (χ0v) is 18.7. The Kier molecular flexibility index (Phi) is 10.0. The summed E-state index contributed by atoms with van der Waals surface area (Å²) in [5, 5.41) is 10.5. The topological polar surface area (TPSA) is 62.5 Å². The molecule has 144 valence electrons. The van der Waals surface area contributed by atoms with E-state index in [2.05, 4.69) is 20.8 Å². The van der Waals surface area contributed by atoms with Crippen LogP contribution in [0.3, 0.4) is 0 Å². The third-order valence-corrected chi connectivity index (χ3v) is 4.59. The number of nitrogens with zero attached hydrogens (tertiary/aromatic N) is 2. The van der Waals surface area contributed by atoms with Crippen LogP contribution in [0.1, 0.15) is 28.1 Å². The molecule has 0 aliphatic carbocycles. The fourth-order valence-corrected chi connectivity index (χ4v) is 3.20. The molecule has 1 aromatic carbocycles. The van der Waals surface area contributed by atoms with Gasteiger partial charge in [-0.15, -0.1) is 24.0 Å². The number of nitrogens with one attached hydrogen (secondary N) is 2. The molecule has 0 radical (unpaired) electrons. The van der Waals surface area contributed by atoms with E-state index in [9.17, 15) is 4.39 Å². The summed E-state index contributed by atoms with van der Waals surface area (Å²) in [6, 6.07) is 4.92. The smallest absolute Gasteiger partial charge is 0.191 e. The first-order chi connectivity index (χ1) is 12.0. The summed E-state index contributed by atoms with van der Waals surface area (Å²) < 4.78 is 18.6. The monoisotopic (exact) mass is 492 g/mol. The Balaban J connectivity index is 0.00000338. The minimum Gasteiger partial charge on any atom is -0.361 e. The lowest BCUT2D eigenvalue weighted by Gasteiger charge is -2.14. The highest BCUT2D eigenvalue weighted by Crippen LogP contribution is 2.16. The minimum atomic E-state index is -0.199. The van der Waals surface area contributed by atoms with E-state index in [0.29, 0.717) is 12.5 Å². The standard InChI is InChI=1S/C18H25FN4OS.HI/c1-12-17(13(2)24-23-12)7-8-21-18(20-3)22-10-14-5-6-16(19)9-15(14)11-25-4;/h5-6,9H,7-8,10-11H2,1-4H3,(H2,20,21,22);1H. The maximum absolute atomic E-state index is 13.4. The van der Waals surface area contributed by atoms with Crippen molar-refractivity contribution >= 4 is 41.7 Å². The number of hydrogen-bond donors (Lipinski definition) is 2.